The van der Waals surface area contributed by atoms with Crippen LogP contribution in [0.1, 0.15) is 53.5 Å². The smallest absolute Gasteiger partial charge is 0.306 e. The van der Waals surface area contributed by atoms with E-state index in [1.807, 2.05) is 65.8 Å². The van der Waals surface area contributed by atoms with Gasteiger partial charge in [0.25, 0.3) is 0 Å². The summed E-state index contributed by atoms with van der Waals surface area (Å²) in [5.74, 6) is 0.662. The molecule has 0 saturated carbocycles. The van der Waals surface area contributed by atoms with Crippen LogP contribution in [0.15, 0.2) is 24.3 Å². The summed E-state index contributed by atoms with van der Waals surface area (Å²) in [5, 5.41) is 0. The zero-order valence-corrected chi connectivity index (χ0v) is 13.4. The van der Waals surface area contributed by atoms with Gasteiger partial charge in [0.2, 0.25) is 0 Å². The summed E-state index contributed by atoms with van der Waals surface area (Å²) in [7, 11) is 0. The van der Waals surface area contributed by atoms with Gasteiger partial charge in [-0.15, -0.1) is 0 Å². The zero-order chi connectivity index (χ0) is 15.4. The summed E-state index contributed by atoms with van der Waals surface area (Å²) in [5.41, 5.74) is 0.718. The van der Waals surface area contributed by atoms with Crippen LogP contribution in [-0.2, 0) is 16.1 Å². The molecule has 0 aliphatic rings. The Morgan fingerprint density at radius 3 is 2.00 bits per heavy atom. The molecule has 0 bridgehead atoms. The average Bonchev–Trinajstić information content (AvgIpc) is 2.23. The molecule has 0 spiro atoms. The quantitative estimate of drug-likeness (QED) is 0.768. The van der Waals surface area contributed by atoms with Gasteiger partial charge in [0, 0.05) is 0 Å². The van der Waals surface area contributed by atoms with Crippen molar-refractivity contribution in [1.29, 1.82) is 0 Å². The third-order valence-electron chi connectivity index (χ3n) is 2.42. The number of carbonyl (C=O) groups excluding carboxylic acids is 1. The lowest BCUT2D eigenvalue weighted by Gasteiger charge is -2.21. The first-order valence-electron chi connectivity index (χ1n) is 6.99. The largest absolute Gasteiger partial charge is 0.488 e. The highest BCUT2D eigenvalue weighted by molar-refractivity contribution is 5.70. The maximum atomic E-state index is 11.6. The molecule has 20 heavy (non-hydrogen) atoms. The first-order valence-corrected chi connectivity index (χ1v) is 6.99. The van der Waals surface area contributed by atoms with E-state index in [0.29, 0.717) is 13.0 Å². The van der Waals surface area contributed by atoms with Crippen LogP contribution in [0.2, 0.25) is 0 Å². The van der Waals surface area contributed by atoms with Gasteiger partial charge in [-0.2, -0.15) is 0 Å². The van der Waals surface area contributed by atoms with Crippen molar-refractivity contribution < 1.29 is 14.3 Å². The molecule has 0 heterocycles. The Balaban J connectivity index is 2.48. The van der Waals surface area contributed by atoms with E-state index >= 15 is 0 Å². The predicted octanol–water partition coefficient (Wildman–Crippen LogP) is 4.34. The molecule has 1 aromatic carbocycles. The van der Waals surface area contributed by atoms with Gasteiger partial charge in [-0.05, 0) is 43.9 Å². The normalized spacial score (nSPS) is 12.1. The minimum absolute atomic E-state index is 0.0402. The first-order chi connectivity index (χ1) is 9.05. The molecular weight excluding hydrogens is 252 g/mol. The van der Waals surface area contributed by atoms with E-state index in [9.17, 15) is 4.79 Å². The standard InChI is InChI=1S/C17H26O3/c1-16(2,3)11-15(18)19-12-13-7-9-14(10-8-13)20-17(4,5)6/h7-10H,11-12H2,1-6H3. The van der Waals surface area contributed by atoms with Crippen LogP contribution >= 0.6 is 0 Å². The van der Waals surface area contributed by atoms with Gasteiger partial charge in [0.05, 0.1) is 6.42 Å². The SMILES string of the molecule is CC(C)(C)CC(=O)OCc1ccc(OC(C)(C)C)cc1. The van der Waals surface area contributed by atoms with Gasteiger partial charge in [0.15, 0.2) is 0 Å². The molecule has 0 aromatic heterocycles. The Morgan fingerprint density at radius 1 is 1.00 bits per heavy atom. The Kier molecular flexibility index (Phi) is 5.21. The van der Waals surface area contributed by atoms with Crippen molar-refractivity contribution in [2.75, 3.05) is 0 Å². The summed E-state index contributed by atoms with van der Waals surface area (Å²) >= 11 is 0. The molecule has 0 radical (unpaired) electrons. The Bertz CT molecular complexity index is 433. The van der Waals surface area contributed by atoms with E-state index in [0.717, 1.165) is 11.3 Å². The van der Waals surface area contributed by atoms with E-state index in [-0.39, 0.29) is 17.0 Å². The van der Waals surface area contributed by atoms with Crippen LogP contribution in [0.3, 0.4) is 0 Å². The molecule has 0 aliphatic heterocycles. The molecule has 0 unspecified atom stereocenters. The number of carbonyl (C=O) groups is 1. The Hall–Kier alpha value is -1.51. The monoisotopic (exact) mass is 278 g/mol. The van der Waals surface area contributed by atoms with Gasteiger partial charge in [0.1, 0.15) is 18.0 Å². The summed E-state index contributed by atoms with van der Waals surface area (Å²) < 4.78 is 11.0. The molecule has 1 rings (SSSR count). The van der Waals surface area contributed by atoms with Crippen LogP contribution in [0, 0.1) is 5.41 Å². The van der Waals surface area contributed by atoms with E-state index in [4.69, 9.17) is 9.47 Å². The van der Waals surface area contributed by atoms with Gasteiger partial charge in [-0.3, -0.25) is 4.79 Å². The molecule has 0 saturated heterocycles. The van der Waals surface area contributed by atoms with Crippen molar-refractivity contribution in [3.05, 3.63) is 29.8 Å². The Morgan fingerprint density at radius 2 is 1.55 bits per heavy atom. The van der Waals surface area contributed by atoms with Crippen molar-refractivity contribution in [3.63, 3.8) is 0 Å². The Labute approximate surface area is 122 Å². The minimum Gasteiger partial charge on any atom is -0.488 e. The van der Waals surface area contributed by atoms with Gasteiger partial charge < -0.3 is 9.47 Å². The van der Waals surface area contributed by atoms with Gasteiger partial charge in [-0.1, -0.05) is 32.9 Å². The fourth-order valence-corrected chi connectivity index (χ4v) is 1.66. The lowest BCUT2D eigenvalue weighted by atomic mass is 9.92. The van der Waals surface area contributed by atoms with Crippen LogP contribution in [0.25, 0.3) is 0 Å². The van der Waals surface area contributed by atoms with Crippen LogP contribution < -0.4 is 4.74 Å². The van der Waals surface area contributed by atoms with Crippen LogP contribution in [0.4, 0.5) is 0 Å². The van der Waals surface area contributed by atoms with Crippen LogP contribution in [-0.4, -0.2) is 11.6 Å². The van der Waals surface area contributed by atoms with Gasteiger partial charge in [-0.25, -0.2) is 0 Å². The van der Waals surface area contributed by atoms with Crippen molar-refractivity contribution >= 4 is 5.97 Å². The highest BCUT2D eigenvalue weighted by atomic mass is 16.5. The number of hydrogen-bond donors (Lipinski definition) is 0. The topological polar surface area (TPSA) is 35.5 Å². The summed E-state index contributed by atoms with van der Waals surface area (Å²) in [6.45, 7) is 12.4. The molecular formula is C17H26O3. The number of ether oxygens (including phenoxy) is 2. The molecule has 0 atom stereocenters. The predicted molar refractivity (Wildman–Crippen MR) is 80.7 cm³/mol. The third-order valence-corrected chi connectivity index (χ3v) is 2.42. The first kappa shape index (κ1) is 16.5. The fourth-order valence-electron chi connectivity index (χ4n) is 1.66. The second kappa shape index (κ2) is 6.29. The van der Waals surface area contributed by atoms with Crippen LogP contribution in [0.5, 0.6) is 5.75 Å². The van der Waals surface area contributed by atoms with E-state index in [1.54, 1.807) is 0 Å². The summed E-state index contributed by atoms with van der Waals surface area (Å²) in [6, 6.07) is 7.65. The molecule has 3 heteroatoms. The van der Waals surface area contributed by atoms with Gasteiger partial charge >= 0.3 is 5.97 Å². The average molecular weight is 278 g/mol. The maximum absolute atomic E-state index is 11.6. The summed E-state index contributed by atoms with van der Waals surface area (Å²) in [4.78, 5) is 11.6. The lowest BCUT2D eigenvalue weighted by Crippen LogP contribution is -2.22. The van der Waals surface area contributed by atoms with E-state index in [1.165, 1.54) is 0 Å². The minimum atomic E-state index is -0.208. The molecule has 0 fully saturated rings. The number of rotatable bonds is 4. The van der Waals surface area contributed by atoms with E-state index < -0.39 is 0 Å². The van der Waals surface area contributed by atoms with Crippen molar-refractivity contribution in [3.8, 4) is 5.75 Å². The number of esters is 1. The number of benzene rings is 1. The van der Waals surface area contributed by atoms with Crippen molar-refractivity contribution in [1.82, 2.24) is 0 Å². The fraction of sp³-hybridized carbons (Fsp3) is 0.588. The highest BCUT2D eigenvalue weighted by Gasteiger charge is 2.17. The third kappa shape index (κ3) is 7.17. The second-order valence-electron chi connectivity index (χ2n) is 7.26. The molecule has 0 aliphatic carbocycles. The molecule has 0 amide bonds. The highest BCUT2D eigenvalue weighted by Crippen LogP contribution is 2.21. The lowest BCUT2D eigenvalue weighted by molar-refractivity contribution is -0.147. The summed E-state index contributed by atoms with van der Waals surface area (Å²) in [6.07, 6.45) is 0.429. The number of hydrogen-bond acceptors (Lipinski definition) is 3. The zero-order valence-electron chi connectivity index (χ0n) is 13.4. The molecule has 3 nitrogen and oxygen atoms in total. The van der Waals surface area contributed by atoms with E-state index in [2.05, 4.69) is 0 Å². The second-order valence-corrected chi connectivity index (χ2v) is 7.26. The van der Waals surface area contributed by atoms with Crippen molar-refractivity contribution in [2.45, 2.75) is 60.2 Å². The maximum Gasteiger partial charge on any atom is 0.306 e. The molecule has 0 N–H and O–H groups in total. The van der Waals surface area contributed by atoms with Crippen molar-refractivity contribution in [2.24, 2.45) is 5.41 Å². The molecule has 1 aromatic rings. The molecule has 112 valence electrons.